The monoisotopic (exact) mass is 470 g/mol. The van der Waals surface area contributed by atoms with Crippen molar-refractivity contribution in [3.8, 4) is 11.3 Å². The fourth-order valence-corrected chi connectivity index (χ4v) is 5.29. The largest absolute Gasteiger partial charge is 0.390 e. The van der Waals surface area contributed by atoms with Gasteiger partial charge in [0.25, 0.3) is 5.91 Å². The minimum absolute atomic E-state index is 0.0180. The number of sulfonamides is 1. The zero-order valence-corrected chi connectivity index (χ0v) is 19.2. The number of amides is 1. The average molecular weight is 471 g/mol. The van der Waals surface area contributed by atoms with Crippen LogP contribution < -0.4 is 11.1 Å². The first-order chi connectivity index (χ1) is 15.6. The quantitative estimate of drug-likeness (QED) is 0.490. The van der Waals surface area contributed by atoms with Crippen molar-refractivity contribution in [1.29, 1.82) is 0 Å². The molecule has 4 rings (SSSR count). The van der Waals surface area contributed by atoms with E-state index in [2.05, 4.69) is 15.3 Å². The van der Waals surface area contributed by atoms with Crippen molar-refractivity contribution in [2.45, 2.75) is 30.4 Å². The Hall–Kier alpha value is -3.28. The molecule has 1 aliphatic heterocycles. The van der Waals surface area contributed by atoms with Gasteiger partial charge in [0.05, 0.1) is 22.7 Å². The van der Waals surface area contributed by atoms with Gasteiger partial charge in [-0.2, -0.15) is 4.31 Å². The number of benzene rings is 1. The molecular formula is C22H26N6O4S. The molecule has 0 unspecified atom stereocenters. The first kappa shape index (κ1) is 22.9. The highest BCUT2D eigenvalue weighted by Gasteiger charge is 2.35. The van der Waals surface area contributed by atoms with Gasteiger partial charge in [0.2, 0.25) is 10.0 Å². The van der Waals surface area contributed by atoms with Crippen LogP contribution in [0.5, 0.6) is 0 Å². The van der Waals surface area contributed by atoms with E-state index in [1.807, 2.05) is 19.1 Å². The van der Waals surface area contributed by atoms with Crippen molar-refractivity contribution in [3.05, 3.63) is 60.2 Å². The summed E-state index contributed by atoms with van der Waals surface area (Å²) in [6.45, 7) is 2.19. The zero-order chi connectivity index (χ0) is 23.8. The molecule has 33 heavy (non-hydrogen) atoms. The highest BCUT2D eigenvalue weighted by atomic mass is 32.2. The zero-order valence-electron chi connectivity index (χ0n) is 18.3. The molecule has 174 valence electrons. The minimum Gasteiger partial charge on any atom is -0.390 e. The van der Waals surface area contributed by atoms with E-state index < -0.39 is 22.0 Å². The number of primary amides is 1. The van der Waals surface area contributed by atoms with Crippen molar-refractivity contribution in [1.82, 2.24) is 18.8 Å². The molecule has 3 heterocycles. The molecule has 0 spiro atoms. The number of hydrogen-bond acceptors (Lipinski definition) is 7. The molecule has 10 nitrogen and oxygen atoms in total. The number of carbonyl (C=O) groups excluding carboxylic acids is 1. The van der Waals surface area contributed by atoms with E-state index in [1.54, 1.807) is 31.6 Å². The smallest absolute Gasteiger partial charge is 0.284 e. The highest BCUT2D eigenvalue weighted by molar-refractivity contribution is 7.89. The van der Waals surface area contributed by atoms with Crippen molar-refractivity contribution >= 4 is 21.7 Å². The van der Waals surface area contributed by atoms with Gasteiger partial charge in [0.1, 0.15) is 5.82 Å². The summed E-state index contributed by atoms with van der Waals surface area (Å²) in [5.74, 6) is 0.121. The Labute approximate surface area is 192 Å². The van der Waals surface area contributed by atoms with E-state index in [9.17, 15) is 18.3 Å². The number of hydrogen-bond donors (Lipinski definition) is 3. The van der Waals surface area contributed by atoms with E-state index >= 15 is 0 Å². The Morgan fingerprint density at radius 1 is 1.21 bits per heavy atom. The van der Waals surface area contributed by atoms with Crippen molar-refractivity contribution in [3.63, 3.8) is 0 Å². The van der Waals surface area contributed by atoms with Gasteiger partial charge in [-0.25, -0.2) is 18.4 Å². The molecule has 0 bridgehead atoms. The molecule has 1 aliphatic rings. The number of anilines is 1. The van der Waals surface area contributed by atoms with Gasteiger partial charge < -0.3 is 20.7 Å². The molecule has 1 fully saturated rings. The summed E-state index contributed by atoms with van der Waals surface area (Å²) in [4.78, 5) is 20.0. The molecule has 2 aromatic heterocycles. The molecule has 1 amide bonds. The number of aliphatic hydroxyl groups excluding tert-OH is 1. The van der Waals surface area contributed by atoms with Gasteiger partial charge >= 0.3 is 0 Å². The fourth-order valence-electron chi connectivity index (χ4n) is 3.81. The van der Waals surface area contributed by atoms with Gasteiger partial charge in [0, 0.05) is 38.1 Å². The van der Waals surface area contributed by atoms with Gasteiger partial charge in [-0.15, -0.1) is 0 Å². The molecule has 1 saturated heterocycles. The van der Waals surface area contributed by atoms with E-state index in [0.29, 0.717) is 23.5 Å². The maximum Gasteiger partial charge on any atom is 0.284 e. The number of piperidine rings is 1. The number of imidazole rings is 1. The van der Waals surface area contributed by atoms with Crippen LogP contribution >= 0.6 is 0 Å². The van der Waals surface area contributed by atoms with Crippen LogP contribution in [-0.2, 0) is 17.1 Å². The van der Waals surface area contributed by atoms with Gasteiger partial charge in [-0.1, -0.05) is 18.2 Å². The maximum atomic E-state index is 13.1. The first-order valence-electron chi connectivity index (χ1n) is 10.5. The number of carbonyl (C=O) groups is 1. The SMILES string of the molecule is Cc1ccc(N[C@@H]2CCN(S(=O)(=O)c3ccc(-c4cn(C)c(C(N)=O)n4)cc3)C[C@@H]2O)nc1. The predicted molar refractivity (Wildman–Crippen MR) is 123 cm³/mol. The summed E-state index contributed by atoms with van der Waals surface area (Å²) in [6, 6.07) is 9.72. The van der Waals surface area contributed by atoms with Crippen LogP contribution in [-0.4, -0.2) is 63.5 Å². The lowest BCUT2D eigenvalue weighted by molar-refractivity contribution is 0.0949. The number of β-amino-alcohol motifs (C(OH)–C–C–N with tert-alkyl or cyclic N) is 1. The summed E-state index contributed by atoms with van der Waals surface area (Å²) in [5.41, 5.74) is 7.51. The number of nitrogens with one attached hydrogen (secondary N) is 1. The number of aliphatic hydroxyl groups is 1. The minimum atomic E-state index is -3.78. The number of pyridine rings is 1. The summed E-state index contributed by atoms with van der Waals surface area (Å²) in [5, 5.41) is 13.8. The second-order valence-electron chi connectivity index (χ2n) is 8.14. The van der Waals surface area contributed by atoms with Gasteiger partial charge in [-0.3, -0.25) is 4.79 Å². The highest BCUT2D eigenvalue weighted by Crippen LogP contribution is 2.25. The average Bonchev–Trinajstić information content (AvgIpc) is 3.18. The number of aryl methyl sites for hydroxylation is 2. The third-order valence-electron chi connectivity index (χ3n) is 5.67. The van der Waals surface area contributed by atoms with Crippen LogP contribution in [0.2, 0.25) is 0 Å². The standard InChI is InChI=1S/C22H26N6O4S/c1-14-3-8-20(24-11-14)25-17-9-10-28(13-19(17)29)33(31,32)16-6-4-15(5-7-16)18-12-27(2)22(26-18)21(23)30/h3-8,11-12,17,19,29H,9-10,13H2,1-2H3,(H2,23,30)(H,24,25)/t17-,19+/m1/s1. The van der Waals surface area contributed by atoms with E-state index in [-0.39, 0.29) is 29.9 Å². The second kappa shape index (κ2) is 8.93. The second-order valence-corrected chi connectivity index (χ2v) is 10.1. The lowest BCUT2D eigenvalue weighted by Crippen LogP contribution is -2.51. The molecule has 4 N–H and O–H groups in total. The van der Waals surface area contributed by atoms with Crippen molar-refractivity contribution in [2.24, 2.45) is 12.8 Å². The summed E-state index contributed by atoms with van der Waals surface area (Å²) in [7, 11) is -2.12. The first-order valence-corrected chi connectivity index (χ1v) is 11.9. The Morgan fingerprint density at radius 2 is 1.94 bits per heavy atom. The van der Waals surface area contributed by atoms with Crippen LogP contribution in [0.4, 0.5) is 5.82 Å². The number of rotatable bonds is 6. The molecule has 0 radical (unpaired) electrons. The van der Waals surface area contributed by atoms with E-state index in [4.69, 9.17) is 5.73 Å². The summed E-state index contributed by atoms with van der Waals surface area (Å²) in [6.07, 6.45) is 2.95. The number of aromatic nitrogens is 3. The van der Waals surface area contributed by atoms with Gasteiger partial charge in [-0.05, 0) is 37.1 Å². The number of nitrogens with two attached hydrogens (primary N) is 1. The fraction of sp³-hybridized carbons (Fsp3) is 0.318. The lowest BCUT2D eigenvalue weighted by Gasteiger charge is -2.35. The third kappa shape index (κ3) is 4.75. The molecular weight excluding hydrogens is 444 g/mol. The lowest BCUT2D eigenvalue weighted by atomic mass is 10.0. The van der Waals surface area contributed by atoms with E-state index in [1.165, 1.54) is 21.0 Å². The summed E-state index contributed by atoms with van der Waals surface area (Å²) < 4.78 is 29.1. The van der Waals surface area contributed by atoms with Crippen molar-refractivity contribution in [2.75, 3.05) is 18.4 Å². The normalized spacial score (nSPS) is 19.4. The van der Waals surface area contributed by atoms with Crippen LogP contribution in [0.25, 0.3) is 11.3 Å². The van der Waals surface area contributed by atoms with Gasteiger partial charge in [0.15, 0.2) is 5.82 Å². The molecule has 0 aliphatic carbocycles. The summed E-state index contributed by atoms with van der Waals surface area (Å²) >= 11 is 0. The van der Waals surface area contributed by atoms with Crippen LogP contribution in [0.3, 0.4) is 0 Å². The Bertz CT molecular complexity index is 1260. The Balaban J connectivity index is 1.45. The number of nitrogens with zero attached hydrogens (tertiary/aromatic N) is 4. The van der Waals surface area contributed by atoms with Crippen molar-refractivity contribution < 1.29 is 18.3 Å². The molecule has 0 saturated carbocycles. The predicted octanol–water partition coefficient (Wildman–Crippen LogP) is 1.13. The molecule has 1 aromatic carbocycles. The molecule has 2 atom stereocenters. The van der Waals surface area contributed by atoms with Crippen LogP contribution in [0.15, 0.2) is 53.7 Å². The maximum absolute atomic E-state index is 13.1. The van der Waals surface area contributed by atoms with E-state index in [0.717, 1.165) is 5.56 Å². The third-order valence-corrected chi connectivity index (χ3v) is 7.55. The molecule has 11 heteroatoms. The topological polar surface area (TPSA) is 143 Å². The van der Waals surface area contributed by atoms with Crippen LogP contribution in [0, 0.1) is 6.92 Å². The Kier molecular flexibility index (Phi) is 6.19. The van der Waals surface area contributed by atoms with Crippen LogP contribution in [0.1, 0.15) is 22.6 Å². The molecule has 3 aromatic rings. The Morgan fingerprint density at radius 3 is 2.52 bits per heavy atom.